The van der Waals surface area contributed by atoms with Crippen molar-refractivity contribution in [1.82, 2.24) is 20.5 Å². The van der Waals surface area contributed by atoms with Crippen molar-refractivity contribution in [3.63, 3.8) is 0 Å². The Balaban J connectivity index is 1.79. The highest BCUT2D eigenvalue weighted by Crippen LogP contribution is 2.18. The minimum atomic E-state index is 0.643. The van der Waals surface area contributed by atoms with Crippen LogP contribution in [0.1, 0.15) is 44.3 Å². The number of hydrogen-bond acceptors (Lipinski definition) is 4. The van der Waals surface area contributed by atoms with Gasteiger partial charge in [-0.15, -0.1) is 11.3 Å². The monoisotopic (exact) mass is 351 g/mol. The van der Waals surface area contributed by atoms with Crippen LogP contribution in [0.25, 0.3) is 0 Å². The van der Waals surface area contributed by atoms with Crippen molar-refractivity contribution in [2.75, 3.05) is 32.7 Å². The molecule has 1 unspecified atom stereocenters. The second-order valence-electron chi connectivity index (χ2n) is 6.85. The van der Waals surface area contributed by atoms with E-state index in [2.05, 4.69) is 53.6 Å². The number of piperidine rings is 1. The third-order valence-electron chi connectivity index (χ3n) is 4.47. The van der Waals surface area contributed by atoms with Gasteiger partial charge in [0.15, 0.2) is 5.96 Å². The summed E-state index contributed by atoms with van der Waals surface area (Å²) in [5, 5.41) is 10.1. The molecule has 2 N–H and O–H groups in total. The molecule has 1 atom stereocenters. The Kier molecular flexibility index (Phi) is 7.99. The van der Waals surface area contributed by atoms with Crippen LogP contribution in [0.15, 0.2) is 10.4 Å². The van der Waals surface area contributed by atoms with E-state index in [0.29, 0.717) is 12.0 Å². The van der Waals surface area contributed by atoms with Crippen LogP contribution in [0.3, 0.4) is 0 Å². The van der Waals surface area contributed by atoms with E-state index in [1.165, 1.54) is 31.6 Å². The standard InChI is InChI=1S/C18H33N5S/c1-5-19-18(20-9-8-17-13-24-15(4)22-17)21-11-16-7-6-10-23(12-16)14(2)3/h13-14,16H,5-12H2,1-4H3,(H2,19,20,21). The molecule has 1 aromatic rings. The molecule has 0 bridgehead atoms. The summed E-state index contributed by atoms with van der Waals surface area (Å²) in [7, 11) is 0. The average molecular weight is 352 g/mol. The fourth-order valence-electron chi connectivity index (χ4n) is 3.11. The van der Waals surface area contributed by atoms with Crippen molar-refractivity contribution < 1.29 is 0 Å². The SMILES string of the molecule is CCNC(=NCC1CCCN(C(C)C)C1)NCCc1csc(C)n1. The Bertz CT molecular complexity index is 511. The van der Waals surface area contributed by atoms with E-state index in [4.69, 9.17) is 4.99 Å². The zero-order chi connectivity index (χ0) is 17.4. The van der Waals surface area contributed by atoms with Crippen LogP contribution in [-0.2, 0) is 6.42 Å². The molecule has 5 nitrogen and oxygen atoms in total. The van der Waals surface area contributed by atoms with Gasteiger partial charge in [-0.3, -0.25) is 4.99 Å². The average Bonchev–Trinajstić information content (AvgIpc) is 2.98. The molecule has 1 saturated heterocycles. The molecule has 0 saturated carbocycles. The second kappa shape index (κ2) is 9.99. The van der Waals surface area contributed by atoms with Crippen molar-refractivity contribution in [3.05, 3.63) is 16.1 Å². The fraction of sp³-hybridized carbons (Fsp3) is 0.778. The Labute approximate surface area is 151 Å². The summed E-state index contributed by atoms with van der Waals surface area (Å²) < 4.78 is 0. The fourth-order valence-corrected chi connectivity index (χ4v) is 3.76. The van der Waals surface area contributed by atoms with Crippen molar-refractivity contribution in [2.45, 2.75) is 53.0 Å². The van der Waals surface area contributed by atoms with Crippen molar-refractivity contribution >= 4 is 17.3 Å². The first kappa shape index (κ1) is 19.2. The lowest BCUT2D eigenvalue weighted by molar-refractivity contribution is 0.143. The molecule has 1 aliphatic heterocycles. The van der Waals surface area contributed by atoms with E-state index >= 15 is 0 Å². The van der Waals surface area contributed by atoms with Crippen LogP contribution in [0.5, 0.6) is 0 Å². The first-order chi connectivity index (χ1) is 11.6. The van der Waals surface area contributed by atoms with E-state index in [-0.39, 0.29) is 0 Å². The number of nitrogens with one attached hydrogen (secondary N) is 2. The number of aliphatic imine (C=N–C) groups is 1. The number of thiazole rings is 1. The molecule has 2 heterocycles. The summed E-state index contributed by atoms with van der Waals surface area (Å²) >= 11 is 1.72. The molecule has 136 valence electrons. The predicted molar refractivity (Wildman–Crippen MR) is 104 cm³/mol. The molecule has 0 spiro atoms. The number of aromatic nitrogens is 1. The van der Waals surface area contributed by atoms with Crippen LogP contribution in [0.4, 0.5) is 0 Å². The summed E-state index contributed by atoms with van der Waals surface area (Å²) in [6.07, 6.45) is 3.54. The van der Waals surface area contributed by atoms with Crippen LogP contribution in [0.2, 0.25) is 0 Å². The van der Waals surface area contributed by atoms with Crippen LogP contribution < -0.4 is 10.6 Å². The van der Waals surface area contributed by atoms with Gasteiger partial charge >= 0.3 is 0 Å². The Hall–Kier alpha value is -1.14. The molecule has 2 rings (SSSR count). The van der Waals surface area contributed by atoms with E-state index in [9.17, 15) is 0 Å². The van der Waals surface area contributed by atoms with Gasteiger partial charge in [-0.2, -0.15) is 0 Å². The quantitative estimate of drug-likeness (QED) is 0.586. The van der Waals surface area contributed by atoms with Crippen molar-refractivity contribution in [2.24, 2.45) is 10.9 Å². The number of likely N-dealkylation sites (tertiary alicyclic amines) is 1. The molecule has 0 radical (unpaired) electrons. The van der Waals surface area contributed by atoms with Gasteiger partial charge in [-0.1, -0.05) is 0 Å². The maximum atomic E-state index is 4.82. The lowest BCUT2D eigenvalue weighted by Crippen LogP contribution is -2.42. The van der Waals surface area contributed by atoms with Crippen molar-refractivity contribution in [1.29, 1.82) is 0 Å². The number of guanidine groups is 1. The normalized spacial score (nSPS) is 19.7. The maximum Gasteiger partial charge on any atom is 0.191 e. The molecular formula is C18H33N5S. The van der Waals surface area contributed by atoms with Gasteiger partial charge in [0, 0.05) is 44.0 Å². The summed E-state index contributed by atoms with van der Waals surface area (Å²) in [5.41, 5.74) is 1.17. The third-order valence-corrected chi connectivity index (χ3v) is 5.30. The Morgan fingerprint density at radius 3 is 2.96 bits per heavy atom. The number of aryl methyl sites for hydroxylation is 1. The molecule has 0 aliphatic carbocycles. The Morgan fingerprint density at radius 1 is 1.46 bits per heavy atom. The van der Waals surface area contributed by atoms with Crippen molar-refractivity contribution in [3.8, 4) is 0 Å². The molecule has 0 amide bonds. The topological polar surface area (TPSA) is 52.6 Å². The third kappa shape index (κ3) is 6.40. The molecule has 1 fully saturated rings. The first-order valence-electron chi connectivity index (χ1n) is 9.25. The van der Waals surface area contributed by atoms with Gasteiger partial charge < -0.3 is 15.5 Å². The number of rotatable bonds is 7. The highest BCUT2D eigenvalue weighted by atomic mass is 32.1. The largest absolute Gasteiger partial charge is 0.357 e. The van der Waals surface area contributed by atoms with Crippen LogP contribution in [0, 0.1) is 12.8 Å². The highest BCUT2D eigenvalue weighted by Gasteiger charge is 2.21. The van der Waals surface area contributed by atoms with E-state index in [1.54, 1.807) is 11.3 Å². The molecule has 1 aliphatic rings. The molecule has 1 aromatic heterocycles. The molecule has 24 heavy (non-hydrogen) atoms. The van der Waals surface area contributed by atoms with Gasteiger partial charge in [0.2, 0.25) is 0 Å². The first-order valence-corrected chi connectivity index (χ1v) is 10.1. The summed E-state index contributed by atoms with van der Waals surface area (Å²) in [5.74, 6) is 1.61. The van der Waals surface area contributed by atoms with E-state index in [0.717, 1.165) is 37.0 Å². The Morgan fingerprint density at radius 2 is 2.29 bits per heavy atom. The smallest absolute Gasteiger partial charge is 0.191 e. The summed E-state index contributed by atoms with van der Waals surface area (Å²) in [6, 6.07) is 0.643. The molecule has 0 aromatic carbocycles. The predicted octanol–water partition coefficient (Wildman–Crippen LogP) is 2.67. The van der Waals surface area contributed by atoms with Gasteiger partial charge in [-0.05, 0) is 53.0 Å². The maximum absolute atomic E-state index is 4.82. The lowest BCUT2D eigenvalue weighted by Gasteiger charge is -2.34. The lowest BCUT2D eigenvalue weighted by atomic mass is 9.97. The number of hydrogen-bond donors (Lipinski definition) is 2. The highest BCUT2D eigenvalue weighted by molar-refractivity contribution is 7.09. The van der Waals surface area contributed by atoms with Gasteiger partial charge in [0.05, 0.1) is 10.7 Å². The van der Waals surface area contributed by atoms with Gasteiger partial charge in [-0.25, -0.2) is 4.98 Å². The molecule has 6 heteroatoms. The zero-order valence-corrected chi connectivity index (χ0v) is 16.5. The van der Waals surface area contributed by atoms with E-state index in [1.807, 2.05) is 0 Å². The van der Waals surface area contributed by atoms with Crippen LogP contribution >= 0.6 is 11.3 Å². The van der Waals surface area contributed by atoms with E-state index < -0.39 is 0 Å². The summed E-state index contributed by atoms with van der Waals surface area (Å²) in [4.78, 5) is 11.9. The number of nitrogens with zero attached hydrogens (tertiary/aromatic N) is 3. The minimum Gasteiger partial charge on any atom is -0.357 e. The second-order valence-corrected chi connectivity index (χ2v) is 7.91. The zero-order valence-electron chi connectivity index (χ0n) is 15.6. The summed E-state index contributed by atoms with van der Waals surface area (Å²) in [6.45, 7) is 13.8. The molecular weight excluding hydrogens is 318 g/mol. The van der Waals surface area contributed by atoms with Gasteiger partial charge in [0.25, 0.3) is 0 Å². The minimum absolute atomic E-state index is 0.643. The van der Waals surface area contributed by atoms with Crippen LogP contribution in [-0.4, -0.2) is 54.6 Å². The van der Waals surface area contributed by atoms with Gasteiger partial charge in [0.1, 0.15) is 0 Å².